The highest BCUT2D eigenvalue weighted by molar-refractivity contribution is 5.77. The van der Waals surface area contributed by atoms with Crippen LogP contribution in [0.4, 0.5) is 0 Å². The molecule has 1 unspecified atom stereocenters. The molecule has 1 saturated heterocycles. The smallest absolute Gasteiger partial charge is 0.340 e. The molecular weight excluding hydrogens is 266 g/mol. The molecule has 1 aliphatic rings. The molecule has 0 spiro atoms. The Balaban J connectivity index is 2.04. The van der Waals surface area contributed by atoms with Crippen LogP contribution >= 0.6 is 0 Å². The molecule has 4 heteroatoms. The van der Waals surface area contributed by atoms with Crippen molar-refractivity contribution in [3.63, 3.8) is 0 Å². The predicted octanol–water partition coefficient (Wildman–Crippen LogP) is 1.67. The number of hydrogen-bond donors (Lipinski definition) is 1. The third kappa shape index (κ3) is 4.05. The van der Waals surface area contributed by atoms with Crippen LogP contribution in [0.3, 0.4) is 0 Å². The van der Waals surface area contributed by atoms with Crippen molar-refractivity contribution < 1.29 is 19.6 Å². The monoisotopic (exact) mass is 292 g/mol. The quantitative estimate of drug-likeness (QED) is 0.840. The van der Waals surface area contributed by atoms with Crippen LogP contribution < -0.4 is 5.32 Å². The molecule has 4 nitrogen and oxygen atoms in total. The van der Waals surface area contributed by atoms with E-state index in [4.69, 9.17) is 9.47 Å². The van der Waals surface area contributed by atoms with E-state index in [0.717, 1.165) is 31.5 Å². The molecule has 0 saturated carbocycles. The Hall–Kier alpha value is -1.39. The lowest BCUT2D eigenvalue weighted by Crippen LogP contribution is -2.86. The molecule has 0 aromatic heterocycles. The number of hydrogen-bond acceptors (Lipinski definition) is 3. The number of esters is 1. The number of quaternary nitrogens is 1. The second-order valence-electron chi connectivity index (χ2n) is 6.19. The van der Waals surface area contributed by atoms with Gasteiger partial charge in [-0.2, -0.15) is 0 Å². The minimum atomic E-state index is -0.652. The van der Waals surface area contributed by atoms with E-state index in [1.54, 1.807) is 7.11 Å². The van der Waals surface area contributed by atoms with Gasteiger partial charge in [0.1, 0.15) is 5.60 Å². The van der Waals surface area contributed by atoms with Crippen LogP contribution in [0, 0.1) is 5.92 Å². The van der Waals surface area contributed by atoms with Crippen LogP contribution in [0.2, 0.25) is 0 Å². The molecule has 0 amide bonds. The summed E-state index contributed by atoms with van der Waals surface area (Å²) in [6.07, 6.45) is 1.52. The van der Waals surface area contributed by atoms with Crippen LogP contribution in [0.15, 0.2) is 30.3 Å². The van der Waals surface area contributed by atoms with Crippen LogP contribution in [0.1, 0.15) is 38.4 Å². The third-order valence-corrected chi connectivity index (χ3v) is 4.34. The normalized spacial score (nSPS) is 18.2. The zero-order valence-electron chi connectivity index (χ0n) is 13.2. The number of ether oxygens (including phenoxy) is 2. The summed E-state index contributed by atoms with van der Waals surface area (Å²) in [4.78, 5) is 12.5. The molecule has 116 valence electrons. The van der Waals surface area contributed by atoms with Crippen molar-refractivity contribution in [2.24, 2.45) is 5.92 Å². The summed E-state index contributed by atoms with van der Waals surface area (Å²) in [5.41, 5.74) is 0.384. The second kappa shape index (κ2) is 7.05. The fourth-order valence-corrected chi connectivity index (χ4v) is 3.01. The molecule has 21 heavy (non-hydrogen) atoms. The molecule has 1 heterocycles. The van der Waals surface area contributed by atoms with E-state index in [1.165, 1.54) is 0 Å². The minimum Gasteiger partial charge on any atom is -0.457 e. The minimum absolute atomic E-state index is 0.303. The Bertz CT molecular complexity index is 452. The third-order valence-electron chi connectivity index (χ3n) is 4.34. The van der Waals surface area contributed by atoms with Gasteiger partial charge in [0, 0.05) is 25.9 Å². The van der Waals surface area contributed by atoms with Crippen LogP contribution in [-0.4, -0.2) is 31.8 Å². The summed E-state index contributed by atoms with van der Waals surface area (Å²) in [5, 5.41) is 2.32. The van der Waals surface area contributed by atoms with E-state index >= 15 is 0 Å². The first-order valence-electron chi connectivity index (χ1n) is 7.67. The van der Waals surface area contributed by atoms with E-state index in [2.05, 4.69) is 5.32 Å². The highest BCUT2D eigenvalue weighted by Gasteiger charge is 2.37. The zero-order valence-corrected chi connectivity index (χ0v) is 13.2. The molecule has 0 bridgehead atoms. The number of carbonyl (C=O) groups is 1. The van der Waals surface area contributed by atoms with Gasteiger partial charge in [-0.25, -0.2) is 4.79 Å². The molecule has 1 aromatic rings. The summed E-state index contributed by atoms with van der Waals surface area (Å²) in [5.74, 6) is 0.114. The summed E-state index contributed by atoms with van der Waals surface area (Å²) in [6, 6.07) is 9.49. The van der Waals surface area contributed by atoms with Crippen molar-refractivity contribution >= 4 is 5.97 Å². The molecule has 1 atom stereocenters. The van der Waals surface area contributed by atoms with Gasteiger partial charge in [-0.05, 0) is 19.4 Å². The molecule has 0 aliphatic carbocycles. The summed E-state index contributed by atoms with van der Waals surface area (Å²) in [6.45, 7) is 6.24. The van der Waals surface area contributed by atoms with E-state index in [0.29, 0.717) is 5.92 Å². The summed E-state index contributed by atoms with van der Waals surface area (Å²) < 4.78 is 11.2. The van der Waals surface area contributed by atoms with E-state index < -0.39 is 11.7 Å². The van der Waals surface area contributed by atoms with Gasteiger partial charge in [-0.15, -0.1) is 0 Å². The van der Waals surface area contributed by atoms with Crippen molar-refractivity contribution in [2.75, 3.05) is 20.2 Å². The van der Waals surface area contributed by atoms with Crippen LogP contribution in [0.25, 0.3) is 0 Å². The van der Waals surface area contributed by atoms with Crippen molar-refractivity contribution in [3.8, 4) is 0 Å². The number of rotatable bonds is 5. The van der Waals surface area contributed by atoms with Crippen molar-refractivity contribution in [2.45, 2.75) is 38.4 Å². The standard InChI is InChI=1S/C17H25NO3/c1-17(2,14-9-11-18-12-10-14)21-16(19)15(20-3)13-7-5-4-6-8-13/h4-8,14-15,18H,9-12H2,1-3H3/p+1. The maximum Gasteiger partial charge on any atom is 0.340 e. The fraction of sp³-hybridized carbons (Fsp3) is 0.588. The number of piperidine rings is 1. The van der Waals surface area contributed by atoms with Crippen LogP contribution in [0.5, 0.6) is 0 Å². The first kappa shape index (κ1) is 16.0. The molecule has 2 rings (SSSR count). The second-order valence-corrected chi connectivity index (χ2v) is 6.19. The summed E-state index contributed by atoms with van der Waals surface area (Å²) in [7, 11) is 1.54. The maximum absolute atomic E-state index is 12.5. The Morgan fingerprint density at radius 2 is 1.86 bits per heavy atom. The SMILES string of the molecule is COC(C(=O)OC(C)(C)C1CC[NH2+]CC1)c1ccccc1. The predicted molar refractivity (Wildman–Crippen MR) is 80.7 cm³/mol. The fourth-order valence-electron chi connectivity index (χ4n) is 3.01. The van der Waals surface area contributed by atoms with E-state index in [9.17, 15) is 4.79 Å². The molecule has 2 N–H and O–H groups in total. The zero-order chi connectivity index (χ0) is 15.3. The Morgan fingerprint density at radius 1 is 1.24 bits per heavy atom. The Labute approximate surface area is 126 Å². The average molecular weight is 292 g/mol. The van der Waals surface area contributed by atoms with Crippen molar-refractivity contribution in [1.82, 2.24) is 0 Å². The first-order valence-corrected chi connectivity index (χ1v) is 7.67. The first-order chi connectivity index (χ1) is 10.0. The van der Waals surface area contributed by atoms with Gasteiger partial charge >= 0.3 is 5.97 Å². The molecule has 1 aromatic carbocycles. The number of nitrogens with two attached hydrogens (primary N) is 1. The number of methoxy groups -OCH3 is 1. The highest BCUT2D eigenvalue weighted by atomic mass is 16.6. The summed E-state index contributed by atoms with van der Waals surface area (Å²) >= 11 is 0. The molecule has 1 aliphatic heterocycles. The molecule has 0 radical (unpaired) electrons. The molecular formula is C17H26NO3+. The Kier molecular flexibility index (Phi) is 5.37. The maximum atomic E-state index is 12.5. The number of benzene rings is 1. The lowest BCUT2D eigenvalue weighted by atomic mass is 9.83. The van der Waals surface area contributed by atoms with Gasteiger partial charge in [0.15, 0.2) is 6.10 Å². The van der Waals surface area contributed by atoms with Gasteiger partial charge in [-0.3, -0.25) is 0 Å². The molecule has 1 fully saturated rings. The van der Waals surface area contributed by atoms with Crippen molar-refractivity contribution in [3.05, 3.63) is 35.9 Å². The average Bonchev–Trinajstić information content (AvgIpc) is 2.49. The van der Waals surface area contributed by atoms with Gasteiger partial charge in [0.2, 0.25) is 0 Å². The van der Waals surface area contributed by atoms with Gasteiger partial charge in [-0.1, -0.05) is 30.3 Å². The lowest BCUT2D eigenvalue weighted by molar-refractivity contribution is -0.665. The van der Waals surface area contributed by atoms with E-state index in [-0.39, 0.29) is 5.97 Å². The van der Waals surface area contributed by atoms with E-state index in [1.807, 2.05) is 44.2 Å². The van der Waals surface area contributed by atoms with Gasteiger partial charge in [0.25, 0.3) is 0 Å². The van der Waals surface area contributed by atoms with Crippen molar-refractivity contribution in [1.29, 1.82) is 0 Å². The van der Waals surface area contributed by atoms with Crippen LogP contribution in [-0.2, 0) is 14.3 Å². The number of carbonyl (C=O) groups excluding carboxylic acids is 1. The topological polar surface area (TPSA) is 52.1 Å². The lowest BCUT2D eigenvalue weighted by Gasteiger charge is -2.36. The Morgan fingerprint density at radius 3 is 2.43 bits per heavy atom. The van der Waals surface area contributed by atoms with Gasteiger partial charge in [0.05, 0.1) is 13.1 Å². The largest absolute Gasteiger partial charge is 0.457 e. The highest BCUT2D eigenvalue weighted by Crippen LogP contribution is 2.30. The van der Waals surface area contributed by atoms with Gasteiger partial charge < -0.3 is 14.8 Å².